The van der Waals surface area contributed by atoms with E-state index in [0.717, 1.165) is 0 Å². The zero-order valence-corrected chi connectivity index (χ0v) is 6.41. The Morgan fingerprint density at radius 2 is 0.923 bits per heavy atom. The number of hydrogen-bond donors (Lipinski definition) is 6. The van der Waals surface area contributed by atoms with Gasteiger partial charge in [0, 0.05) is 0 Å². The predicted octanol–water partition coefficient (Wildman–Crippen LogP) is -2.95. The first-order valence-electron chi connectivity index (χ1n) is 3.48. The highest BCUT2D eigenvalue weighted by Gasteiger charge is 2.29. The van der Waals surface area contributed by atoms with Crippen LogP contribution in [0, 0.1) is 0 Å². The van der Waals surface area contributed by atoms with Crippen molar-refractivity contribution >= 4 is 0 Å². The molecular formula is C7H18O6. The van der Waals surface area contributed by atoms with Crippen LogP contribution in [0.2, 0.25) is 0 Å². The van der Waals surface area contributed by atoms with Crippen LogP contribution in [-0.2, 0) is 0 Å². The molecule has 0 aliphatic carbocycles. The summed E-state index contributed by atoms with van der Waals surface area (Å²) < 4.78 is 0. The van der Waals surface area contributed by atoms with Crippen molar-refractivity contribution in [2.75, 3.05) is 13.2 Å². The molecule has 0 aromatic rings. The summed E-state index contributed by atoms with van der Waals surface area (Å²) in [5, 5.41) is 52.2. The smallest absolute Gasteiger partial charge is 0.111 e. The second-order valence-corrected chi connectivity index (χ2v) is 2.48. The maximum Gasteiger partial charge on any atom is 0.111 e. The maximum atomic E-state index is 8.96. The number of aliphatic hydroxyl groups excluding tert-OH is 6. The van der Waals surface area contributed by atoms with Gasteiger partial charge in [0.25, 0.3) is 0 Å². The highest BCUT2D eigenvalue weighted by Crippen LogP contribution is 2.03. The van der Waals surface area contributed by atoms with Gasteiger partial charge in [0.2, 0.25) is 0 Å². The maximum absolute atomic E-state index is 8.96. The van der Waals surface area contributed by atoms with E-state index < -0.39 is 37.6 Å². The molecule has 13 heavy (non-hydrogen) atoms. The molecular weight excluding hydrogens is 180 g/mol. The van der Waals surface area contributed by atoms with E-state index >= 15 is 0 Å². The van der Waals surface area contributed by atoms with E-state index in [9.17, 15) is 0 Å². The molecule has 0 saturated heterocycles. The van der Waals surface area contributed by atoms with Crippen LogP contribution in [0.3, 0.4) is 0 Å². The van der Waals surface area contributed by atoms with Crippen molar-refractivity contribution < 1.29 is 30.6 Å². The van der Waals surface area contributed by atoms with E-state index in [2.05, 4.69) is 0 Å². The second kappa shape index (κ2) is 7.19. The van der Waals surface area contributed by atoms with Crippen molar-refractivity contribution in [1.82, 2.24) is 0 Å². The van der Waals surface area contributed by atoms with E-state index in [1.54, 1.807) is 0 Å². The van der Waals surface area contributed by atoms with Crippen LogP contribution in [0.5, 0.6) is 0 Å². The Kier molecular flexibility index (Phi) is 8.43. The monoisotopic (exact) mass is 198 g/mol. The lowest BCUT2D eigenvalue weighted by molar-refractivity contribution is -0.123. The van der Waals surface area contributed by atoms with Crippen molar-refractivity contribution in [3.8, 4) is 0 Å². The molecule has 0 rings (SSSR count). The van der Waals surface area contributed by atoms with Crippen LogP contribution < -0.4 is 0 Å². The summed E-state index contributed by atoms with van der Waals surface area (Å²) in [4.78, 5) is 0. The van der Waals surface area contributed by atoms with Gasteiger partial charge < -0.3 is 30.6 Å². The number of hydrogen-bond acceptors (Lipinski definition) is 6. The first kappa shape index (κ1) is 15.2. The van der Waals surface area contributed by atoms with E-state index in [1.807, 2.05) is 0 Å². The first-order valence-corrected chi connectivity index (χ1v) is 3.48. The molecule has 0 spiro atoms. The SMILES string of the molecule is C.OCC(O)C(O)C(O)C(O)CO. The third-order valence-electron chi connectivity index (χ3n) is 1.51. The van der Waals surface area contributed by atoms with E-state index in [0.29, 0.717) is 0 Å². The van der Waals surface area contributed by atoms with Crippen LogP contribution in [0.15, 0.2) is 0 Å². The van der Waals surface area contributed by atoms with E-state index in [1.165, 1.54) is 0 Å². The Morgan fingerprint density at radius 1 is 0.692 bits per heavy atom. The van der Waals surface area contributed by atoms with Gasteiger partial charge >= 0.3 is 0 Å². The van der Waals surface area contributed by atoms with Gasteiger partial charge in [0.1, 0.15) is 24.4 Å². The van der Waals surface area contributed by atoms with Crippen LogP contribution in [0.1, 0.15) is 7.43 Å². The molecule has 0 aromatic carbocycles. The standard InChI is InChI=1S/C6H14O6.CH4/c7-1-3(9)5(11)6(12)4(10)2-8;/h3-12H,1-2H2;1H4. The average molecular weight is 198 g/mol. The molecule has 0 aliphatic rings. The Morgan fingerprint density at radius 3 is 1.08 bits per heavy atom. The Labute approximate surface area is 76.7 Å². The number of aliphatic hydroxyl groups is 6. The van der Waals surface area contributed by atoms with Crippen molar-refractivity contribution in [3.63, 3.8) is 0 Å². The lowest BCUT2D eigenvalue weighted by Gasteiger charge is -2.24. The molecule has 0 bridgehead atoms. The third-order valence-corrected chi connectivity index (χ3v) is 1.51. The lowest BCUT2D eigenvalue weighted by Crippen LogP contribution is -2.46. The first-order chi connectivity index (χ1) is 5.54. The largest absolute Gasteiger partial charge is 0.394 e. The van der Waals surface area contributed by atoms with E-state index in [-0.39, 0.29) is 7.43 Å². The second-order valence-electron chi connectivity index (χ2n) is 2.48. The molecule has 0 fully saturated rings. The minimum atomic E-state index is -1.67. The molecule has 4 unspecified atom stereocenters. The molecule has 82 valence electrons. The van der Waals surface area contributed by atoms with Gasteiger partial charge in [-0.15, -0.1) is 0 Å². The van der Waals surface area contributed by atoms with Gasteiger partial charge in [-0.3, -0.25) is 0 Å². The molecule has 0 heterocycles. The van der Waals surface area contributed by atoms with Crippen molar-refractivity contribution in [3.05, 3.63) is 0 Å². The van der Waals surface area contributed by atoms with Crippen molar-refractivity contribution in [2.24, 2.45) is 0 Å². The van der Waals surface area contributed by atoms with Crippen molar-refractivity contribution in [2.45, 2.75) is 31.8 Å². The zero-order valence-electron chi connectivity index (χ0n) is 6.41. The topological polar surface area (TPSA) is 121 Å². The average Bonchev–Trinajstić information content (AvgIpc) is 2.12. The molecule has 0 aromatic heterocycles. The number of rotatable bonds is 5. The molecule has 4 atom stereocenters. The highest BCUT2D eigenvalue weighted by molar-refractivity contribution is 4.79. The van der Waals surface area contributed by atoms with Crippen LogP contribution >= 0.6 is 0 Å². The zero-order chi connectivity index (χ0) is 9.72. The van der Waals surface area contributed by atoms with Crippen LogP contribution in [-0.4, -0.2) is 68.3 Å². The fourth-order valence-corrected chi connectivity index (χ4v) is 0.671. The molecule has 6 nitrogen and oxygen atoms in total. The van der Waals surface area contributed by atoms with Gasteiger partial charge in [-0.2, -0.15) is 0 Å². The van der Waals surface area contributed by atoms with Gasteiger partial charge in [-0.1, -0.05) is 7.43 Å². The van der Waals surface area contributed by atoms with Gasteiger partial charge in [-0.05, 0) is 0 Å². The normalized spacial score (nSPS) is 19.8. The minimum Gasteiger partial charge on any atom is -0.394 e. The summed E-state index contributed by atoms with van der Waals surface area (Å²) in [6.45, 7) is -1.45. The van der Waals surface area contributed by atoms with Gasteiger partial charge in [0.15, 0.2) is 0 Å². The Bertz CT molecular complexity index is 106. The fourth-order valence-electron chi connectivity index (χ4n) is 0.671. The molecule has 6 heteroatoms. The van der Waals surface area contributed by atoms with Crippen LogP contribution in [0.4, 0.5) is 0 Å². The van der Waals surface area contributed by atoms with Crippen molar-refractivity contribution in [1.29, 1.82) is 0 Å². The molecule has 0 aliphatic heterocycles. The summed E-state index contributed by atoms with van der Waals surface area (Å²) in [7, 11) is 0. The molecule has 6 N–H and O–H groups in total. The third kappa shape index (κ3) is 4.51. The van der Waals surface area contributed by atoms with Crippen LogP contribution in [0.25, 0.3) is 0 Å². The Hall–Kier alpha value is -0.240. The summed E-state index contributed by atoms with van der Waals surface area (Å²) in [6.07, 6.45) is -6.39. The Balaban J connectivity index is 0. The predicted molar refractivity (Wildman–Crippen MR) is 44.9 cm³/mol. The highest BCUT2D eigenvalue weighted by atomic mass is 16.4. The summed E-state index contributed by atoms with van der Waals surface area (Å²) in [5.41, 5.74) is 0. The molecule has 0 saturated carbocycles. The molecule has 0 radical (unpaired) electrons. The summed E-state index contributed by atoms with van der Waals surface area (Å²) >= 11 is 0. The lowest BCUT2D eigenvalue weighted by atomic mass is 10.0. The summed E-state index contributed by atoms with van der Waals surface area (Å²) in [5.74, 6) is 0. The quantitative estimate of drug-likeness (QED) is 0.281. The molecule has 0 amide bonds. The fraction of sp³-hybridized carbons (Fsp3) is 1.00. The van der Waals surface area contributed by atoms with Gasteiger partial charge in [0.05, 0.1) is 13.2 Å². The minimum absolute atomic E-state index is 0. The van der Waals surface area contributed by atoms with Gasteiger partial charge in [-0.25, -0.2) is 0 Å². The van der Waals surface area contributed by atoms with E-state index in [4.69, 9.17) is 30.6 Å². The summed E-state index contributed by atoms with van der Waals surface area (Å²) in [6, 6.07) is 0.